The van der Waals surface area contributed by atoms with Crippen molar-refractivity contribution in [1.82, 2.24) is 9.47 Å². The Labute approximate surface area is 129 Å². The van der Waals surface area contributed by atoms with Gasteiger partial charge in [0, 0.05) is 42.2 Å². The highest BCUT2D eigenvalue weighted by molar-refractivity contribution is 7.09. The van der Waals surface area contributed by atoms with Gasteiger partial charge in [0.25, 0.3) is 0 Å². The fourth-order valence-corrected chi connectivity index (χ4v) is 3.87. The van der Waals surface area contributed by atoms with Gasteiger partial charge in [0.2, 0.25) is 5.91 Å². The number of nitrogens with two attached hydrogens (primary N) is 1. The molecule has 1 amide bonds. The predicted octanol–water partition coefficient (Wildman–Crippen LogP) is 1.65. The van der Waals surface area contributed by atoms with E-state index in [2.05, 4.69) is 0 Å². The molecule has 0 saturated carbocycles. The lowest BCUT2D eigenvalue weighted by molar-refractivity contribution is -0.135. The number of nitrogens with zero attached hydrogens (tertiary/aromatic N) is 2. The van der Waals surface area contributed by atoms with Gasteiger partial charge >= 0.3 is 4.87 Å². The van der Waals surface area contributed by atoms with Gasteiger partial charge in [0.05, 0.1) is 0 Å². The number of piperidine rings is 1. The Kier molecular flexibility index (Phi) is 5.22. The van der Waals surface area contributed by atoms with E-state index in [1.54, 1.807) is 4.57 Å². The molecular weight excluding hydrogens is 286 g/mol. The average Bonchev–Trinajstić information content (AvgIpc) is 2.70. The lowest BCUT2D eigenvalue weighted by Gasteiger charge is -2.38. The van der Waals surface area contributed by atoms with Crippen LogP contribution in [-0.2, 0) is 11.3 Å². The Morgan fingerprint density at radius 2 is 2.14 bits per heavy atom. The molecule has 1 fully saturated rings. The average molecular weight is 311 g/mol. The van der Waals surface area contributed by atoms with Crippen LogP contribution in [0, 0.1) is 13.8 Å². The first kappa shape index (κ1) is 16.2. The number of aromatic nitrogens is 1. The van der Waals surface area contributed by atoms with Gasteiger partial charge in [-0.25, -0.2) is 0 Å². The molecule has 21 heavy (non-hydrogen) atoms. The molecule has 2 heterocycles. The second kappa shape index (κ2) is 6.75. The fraction of sp³-hybridized carbons (Fsp3) is 0.733. The summed E-state index contributed by atoms with van der Waals surface area (Å²) >= 11 is 1.25. The molecule has 5 nitrogen and oxygen atoms in total. The zero-order chi connectivity index (χ0) is 15.6. The van der Waals surface area contributed by atoms with Crippen molar-refractivity contribution in [3.63, 3.8) is 0 Å². The largest absolute Gasteiger partial charge is 0.338 e. The van der Waals surface area contributed by atoms with E-state index >= 15 is 0 Å². The number of carbonyl (C=O) groups is 1. The zero-order valence-corrected chi connectivity index (χ0v) is 13.9. The van der Waals surface area contributed by atoms with Crippen molar-refractivity contribution in [2.24, 2.45) is 5.73 Å². The molecule has 118 valence electrons. The molecule has 0 spiro atoms. The third-order valence-electron chi connectivity index (χ3n) is 4.40. The van der Waals surface area contributed by atoms with Crippen LogP contribution in [0.25, 0.3) is 0 Å². The maximum atomic E-state index is 12.5. The van der Waals surface area contributed by atoms with E-state index in [0.717, 1.165) is 36.4 Å². The monoisotopic (exact) mass is 311 g/mol. The van der Waals surface area contributed by atoms with Crippen LogP contribution in [-0.4, -0.2) is 34.0 Å². The Bertz CT molecular complexity index is 562. The van der Waals surface area contributed by atoms with Crippen LogP contribution in [0.5, 0.6) is 0 Å². The summed E-state index contributed by atoms with van der Waals surface area (Å²) in [6, 6.07) is 0.149. The van der Waals surface area contributed by atoms with E-state index in [4.69, 9.17) is 5.73 Å². The molecule has 1 aliphatic heterocycles. The van der Waals surface area contributed by atoms with Crippen molar-refractivity contribution >= 4 is 17.2 Å². The number of hydrogen-bond donors (Lipinski definition) is 1. The summed E-state index contributed by atoms with van der Waals surface area (Å²) < 4.78 is 1.71. The molecule has 0 aromatic carbocycles. The van der Waals surface area contributed by atoms with Crippen LogP contribution in [0.3, 0.4) is 0 Å². The highest BCUT2D eigenvalue weighted by atomic mass is 32.1. The normalized spacial score (nSPS) is 20.6. The topological polar surface area (TPSA) is 68.3 Å². The minimum Gasteiger partial charge on any atom is -0.338 e. The molecule has 1 saturated heterocycles. The van der Waals surface area contributed by atoms with E-state index < -0.39 is 0 Å². The molecule has 2 N–H and O–H groups in total. The maximum absolute atomic E-state index is 12.5. The number of hydrogen-bond acceptors (Lipinski definition) is 4. The highest BCUT2D eigenvalue weighted by Gasteiger charge is 2.28. The van der Waals surface area contributed by atoms with Gasteiger partial charge < -0.3 is 15.2 Å². The van der Waals surface area contributed by atoms with Crippen molar-refractivity contribution in [2.75, 3.05) is 6.54 Å². The van der Waals surface area contributed by atoms with Gasteiger partial charge in [-0.15, -0.1) is 0 Å². The first-order valence-corrected chi connectivity index (χ1v) is 8.45. The third-order valence-corrected chi connectivity index (χ3v) is 5.40. The van der Waals surface area contributed by atoms with Crippen molar-refractivity contribution in [1.29, 1.82) is 0 Å². The lowest BCUT2D eigenvalue weighted by Crippen LogP contribution is -2.51. The Hall–Kier alpha value is -1.14. The van der Waals surface area contributed by atoms with Crippen molar-refractivity contribution in [3.8, 4) is 0 Å². The number of rotatable bonds is 4. The van der Waals surface area contributed by atoms with Crippen molar-refractivity contribution in [3.05, 3.63) is 20.2 Å². The molecule has 0 aliphatic carbocycles. The molecule has 6 heteroatoms. The van der Waals surface area contributed by atoms with Gasteiger partial charge in [0.15, 0.2) is 0 Å². The highest BCUT2D eigenvalue weighted by Crippen LogP contribution is 2.20. The van der Waals surface area contributed by atoms with E-state index in [0.29, 0.717) is 13.0 Å². The fourth-order valence-electron chi connectivity index (χ4n) is 3.01. The van der Waals surface area contributed by atoms with Gasteiger partial charge in [-0.2, -0.15) is 0 Å². The summed E-state index contributed by atoms with van der Waals surface area (Å²) in [5, 5.41) is 0. The van der Waals surface area contributed by atoms with Crippen LogP contribution in [0.4, 0.5) is 0 Å². The van der Waals surface area contributed by atoms with Crippen LogP contribution in [0.2, 0.25) is 0 Å². The minimum absolute atomic E-state index is 0.00194. The Morgan fingerprint density at radius 3 is 2.71 bits per heavy atom. The second-order valence-corrected chi connectivity index (χ2v) is 7.09. The first-order chi connectivity index (χ1) is 9.91. The number of likely N-dealkylation sites (tertiary alicyclic amines) is 1. The summed E-state index contributed by atoms with van der Waals surface area (Å²) in [4.78, 5) is 27.3. The summed E-state index contributed by atoms with van der Waals surface area (Å²) in [6.45, 7) is 7.10. The second-order valence-electron chi connectivity index (χ2n) is 5.92. The smallest absolute Gasteiger partial charge is 0.307 e. The number of amides is 1. The summed E-state index contributed by atoms with van der Waals surface area (Å²) in [6.07, 6.45) is 3.55. The molecule has 1 aromatic rings. The molecule has 1 aliphatic rings. The maximum Gasteiger partial charge on any atom is 0.307 e. The van der Waals surface area contributed by atoms with Gasteiger partial charge in [-0.1, -0.05) is 11.3 Å². The zero-order valence-electron chi connectivity index (χ0n) is 13.1. The van der Waals surface area contributed by atoms with Gasteiger partial charge in [-0.3, -0.25) is 9.59 Å². The number of aryl methyl sites for hydroxylation is 1. The molecule has 1 aromatic heterocycles. The minimum atomic E-state index is 0.00194. The molecule has 2 unspecified atom stereocenters. The summed E-state index contributed by atoms with van der Waals surface area (Å²) in [5.74, 6) is 0.118. The Morgan fingerprint density at radius 1 is 1.43 bits per heavy atom. The van der Waals surface area contributed by atoms with Crippen LogP contribution in [0.15, 0.2) is 4.79 Å². The standard InChI is InChI=1S/C15H25N3O2S/c1-10(16)13-6-4-5-8-18(13)14(19)7-9-17-11(2)12(3)21-15(17)20/h10,13H,4-9,16H2,1-3H3. The molecular formula is C15H25N3O2S. The van der Waals surface area contributed by atoms with Crippen LogP contribution >= 0.6 is 11.3 Å². The van der Waals surface area contributed by atoms with Crippen molar-refractivity contribution < 1.29 is 4.79 Å². The van der Waals surface area contributed by atoms with E-state index in [1.165, 1.54) is 11.3 Å². The van der Waals surface area contributed by atoms with E-state index in [1.807, 2.05) is 25.7 Å². The predicted molar refractivity (Wildman–Crippen MR) is 85.7 cm³/mol. The summed E-state index contributed by atoms with van der Waals surface area (Å²) in [5.41, 5.74) is 6.98. The van der Waals surface area contributed by atoms with E-state index in [-0.39, 0.29) is 22.9 Å². The molecule has 0 radical (unpaired) electrons. The quantitative estimate of drug-likeness (QED) is 0.919. The van der Waals surface area contributed by atoms with Crippen LogP contribution < -0.4 is 10.6 Å². The Balaban J connectivity index is 2.02. The number of thiazole rings is 1. The summed E-state index contributed by atoms with van der Waals surface area (Å²) in [7, 11) is 0. The molecule has 2 rings (SSSR count). The van der Waals surface area contributed by atoms with Gasteiger partial charge in [-0.05, 0) is 40.0 Å². The third kappa shape index (κ3) is 3.55. The molecule has 0 bridgehead atoms. The first-order valence-electron chi connectivity index (χ1n) is 7.63. The van der Waals surface area contributed by atoms with Gasteiger partial charge in [0.1, 0.15) is 0 Å². The SMILES string of the molecule is Cc1sc(=O)n(CCC(=O)N2CCCCC2C(C)N)c1C. The number of carbonyl (C=O) groups excluding carboxylic acids is 1. The lowest BCUT2D eigenvalue weighted by atomic mass is 9.96. The van der Waals surface area contributed by atoms with Crippen LogP contribution in [0.1, 0.15) is 43.2 Å². The van der Waals surface area contributed by atoms with E-state index in [9.17, 15) is 9.59 Å². The van der Waals surface area contributed by atoms with Crippen molar-refractivity contribution in [2.45, 2.75) is 65.1 Å². The molecule has 2 atom stereocenters.